The summed E-state index contributed by atoms with van der Waals surface area (Å²) in [5.74, 6) is 4.11. The van der Waals surface area contributed by atoms with Crippen molar-refractivity contribution in [2.75, 3.05) is 26.2 Å². The zero-order valence-corrected chi connectivity index (χ0v) is 17.5. The fraction of sp³-hybridized carbons (Fsp3) is 0.350. The van der Waals surface area contributed by atoms with Crippen molar-refractivity contribution in [1.82, 2.24) is 15.2 Å². The number of aromatic nitrogens is 1. The molecule has 0 saturated heterocycles. The Morgan fingerprint density at radius 2 is 1.92 bits per heavy atom. The van der Waals surface area contributed by atoms with Crippen LogP contribution in [0.5, 0.6) is 5.75 Å². The number of hydrogen-bond donors (Lipinski definition) is 2. The number of benzene rings is 1. The van der Waals surface area contributed by atoms with E-state index in [4.69, 9.17) is 11.2 Å². The zero-order chi connectivity index (χ0) is 17.7. The fourth-order valence-corrected chi connectivity index (χ4v) is 2.34. The number of guanidine groups is 1. The average Bonchev–Trinajstić information content (AvgIpc) is 3.14. The third-order valence-electron chi connectivity index (χ3n) is 3.59. The van der Waals surface area contributed by atoms with Crippen molar-refractivity contribution in [2.45, 2.75) is 19.9 Å². The number of nitrogens with zero attached hydrogens (tertiary/aromatic N) is 2. The van der Waals surface area contributed by atoms with Crippen LogP contribution in [-0.4, -0.2) is 36.8 Å². The van der Waals surface area contributed by atoms with Gasteiger partial charge in [-0.2, -0.15) is 0 Å². The lowest BCUT2D eigenvalue weighted by atomic mass is 10.1. The molecule has 26 heavy (non-hydrogen) atoms. The highest BCUT2D eigenvalue weighted by Gasteiger charge is 1.98. The van der Waals surface area contributed by atoms with E-state index < -0.39 is 0 Å². The van der Waals surface area contributed by atoms with Crippen molar-refractivity contribution in [3.8, 4) is 18.1 Å². The lowest BCUT2D eigenvalue weighted by Gasteiger charge is -2.11. The smallest absolute Gasteiger partial charge is 0.191 e. The second-order valence-corrected chi connectivity index (χ2v) is 5.50. The molecule has 2 rings (SSSR count). The Labute approximate surface area is 173 Å². The molecule has 0 aliphatic heterocycles. The van der Waals surface area contributed by atoms with Gasteiger partial charge in [-0.25, -0.2) is 0 Å². The molecule has 5 nitrogen and oxygen atoms in total. The number of rotatable bonds is 9. The lowest BCUT2D eigenvalue weighted by Crippen LogP contribution is -2.39. The summed E-state index contributed by atoms with van der Waals surface area (Å²) in [6.45, 7) is 5.68. The highest BCUT2D eigenvalue weighted by atomic mass is 127. The van der Waals surface area contributed by atoms with E-state index in [1.807, 2.05) is 36.4 Å². The van der Waals surface area contributed by atoms with Gasteiger partial charge in [0.2, 0.25) is 0 Å². The van der Waals surface area contributed by atoms with Gasteiger partial charge in [-0.1, -0.05) is 18.1 Å². The molecule has 0 radical (unpaired) electrons. The van der Waals surface area contributed by atoms with Gasteiger partial charge in [-0.3, -0.25) is 4.99 Å². The molecule has 0 spiro atoms. The summed E-state index contributed by atoms with van der Waals surface area (Å²) in [5, 5.41) is 6.63. The molecule has 0 aliphatic rings. The number of halogens is 1. The number of hydrogen-bond acceptors (Lipinski definition) is 2. The van der Waals surface area contributed by atoms with Gasteiger partial charge in [0, 0.05) is 38.6 Å². The maximum Gasteiger partial charge on any atom is 0.191 e. The van der Waals surface area contributed by atoms with Crippen LogP contribution < -0.4 is 15.4 Å². The Kier molecular flexibility index (Phi) is 11.0. The molecule has 0 atom stereocenters. The molecule has 0 amide bonds. The first-order chi connectivity index (χ1) is 12.3. The second kappa shape index (κ2) is 13.1. The van der Waals surface area contributed by atoms with E-state index in [-0.39, 0.29) is 24.0 Å². The second-order valence-electron chi connectivity index (χ2n) is 5.50. The van der Waals surface area contributed by atoms with E-state index in [0.29, 0.717) is 6.61 Å². The number of ether oxygens (including phenoxy) is 1. The lowest BCUT2D eigenvalue weighted by molar-refractivity contribution is 0.370. The molecule has 1 heterocycles. The highest BCUT2D eigenvalue weighted by Crippen LogP contribution is 2.12. The van der Waals surface area contributed by atoms with Crippen LogP contribution in [-0.2, 0) is 13.0 Å². The normalized spacial score (nSPS) is 10.5. The van der Waals surface area contributed by atoms with Crippen LogP contribution in [0.25, 0.3) is 0 Å². The molecule has 2 N–H and O–H groups in total. The fourth-order valence-electron chi connectivity index (χ4n) is 2.34. The molecule has 0 fully saturated rings. The largest absolute Gasteiger partial charge is 0.481 e. The van der Waals surface area contributed by atoms with Crippen LogP contribution in [0.15, 0.2) is 53.8 Å². The minimum absolute atomic E-state index is 0. The summed E-state index contributed by atoms with van der Waals surface area (Å²) >= 11 is 0. The van der Waals surface area contributed by atoms with Crippen molar-refractivity contribution in [1.29, 1.82) is 0 Å². The van der Waals surface area contributed by atoms with Crippen LogP contribution >= 0.6 is 24.0 Å². The maximum atomic E-state index is 5.37. The maximum absolute atomic E-state index is 5.37. The minimum atomic E-state index is 0. The Morgan fingerprint density at radius 1 is 1.19 bits per heavy atom. The Hall–Kier alpha value is -2.14. The molecule has 0 unspecified atom stereocenters. The summed E-state index contributed by atoms with van der Waals surface area (Å²) in [5.41, 5.74) is 1.22. The van der Waals surface area contributed by atoms with E-state index in [1.54, 1.807) is 0 Å². The van der Waals surface area contributed by atoms with E-state index in [2.05, 4.69) is 45.4 Å². The molecule has 6 heteroatoms. The molecule has 0 saturated carbocycles. The van der Waals surface area contributed by atoms with Crippen LogP contribution in [0, 0.1) is 12.3 Å². The van der Waals surface area contributed by atoms with Crippen molar-refractivity contribution < 1.29 is 4.74 Å². The van der Waals surface area contributed by atoms with E-state index >= 15 is 0 Å². The summed E-state index contributed by atoms with van der Waals surface area (Å²) in [6, 6.07) is 12.0. The summed E-state index contributed by atoms with van der Waals surface area (Å²) in [6.07, 6.45) is 10.2. The van der Waals surface area contributed by atoms with Gasteiger partial charge in [0.05, 0.1) is 0 Å². The molecular weight excluding hydrogens is 439 g/mol. The predicted molar refractivity (Wildman–Crippen MR) is 118 cm³/mol. The van der Waals surface area contributed by atoms with E-state index in [9.17, 15) is 0 Å². The van der Waals surface area contributed by atoms with Crippen molar-refractivity contribution >= 4 is 29.9 Å². The predicted octanol–water partition coefficient (Wildman–Crippen LogP) is 2.92. The summed E-state index contributed by atoms with van der Waals surface area (Å²) in [4.78, 5) is 4.63. The topological polar surface area (TPSA) is 50.6 Å². The average molecular weight is 466 g/mol. The zero-order valence-electron chi connectivity index (χ0n) is 15.1. The van der Waals surface area contributed by atoms with Crippen LogP contribution in [0.1, 0.15) is 12.5 Å². The van der Waals surface area contributed by atoms with Crippen molar-refractivity contribution in [3.05, 3.63) is 54.4 Å². The molecule has 0 bridgehead atoms. The number of aliphatic imine (C=N–C) groups is 1. The Balaban J connectivity index is 0.00000338. The molecule has 140 valence electrons. The van der Waals surface area contributed by atoms with Gasteiger partial charge in [-0.15, -0.1) is 30.4 Å². The van der Waals surface area contributed by atoms with Gasteiger partial charge < -0.3 is 19.9 Å². The number of terminal acetylenes is 1. The van der Waals surface area contributed by atoms with Crippen molar-refractivity contribution in [3.63, 3.8) is 0 Å². The summed E-state index contributed by atoms with van der Waals surface area (Å²) < 4.78 is 7.51. The molecule has 1 aromatic heterocycles. The molecule has 2 aromatic rings. The van der Waals surface area contributed by atoms with E-state index in [1.165, 1.54) is 5.56 Å². The van der Waals surface area contributed by atoms with Gasteiger partial charge in [0.1, 0.15) is 12.4 Å². The van der Waals surface area contributed by atoms with Crippen LogP contribution in [0.3, 0.4) is 0 Å². The highest BCUT2D eigenvalue weighted by molar-refractivity contribution is 14.0. The Bertz CT molecular complexity index is 675. The number of nitrogens with one attached hydrogen (secondary N) is 2. The van der Waals surface area contributed by atoms with Gasteiger partial charge in [-0.05, 0) is 43.2 Å². The van der Waals surface area contributed by atoms with Gasteiger partial charge >= 0.3 is 0 Å². The third kappa shape index (κ3) is 8.30. The van der Waals surface area contributed by atoms with E-state index in [0.717, 1.165) is 44.3 Å². The Morgan fingerprint density at radius 3 is 2.58 bits per heavy atom. The minimum Gasteiger partial charge on any atom is -0.481 e. The summed E-state index contributed by atoms with van der Waals surface area (Å²) in [7, 11) is 0. The molecule has 0 aliphatic carbocycles. The standard InChI is InChI=1S/C20H26N4O.HI/c1-3-17-25-19-9-7-18(8-10-19)11-12-22-20(21-4-2)23-13-16-24-14-5-6-15-24;/h1,5-10,14-15H,4,11-13,16-17H2,2H3,(H2,21,22,23);1H. The quantitative estimate of drug-likeness (QED) is 0.259. The van der Waals surface area contributed by atoms with Gasteiger partial charge in [0.25, 0.3) is 0 Å². The van der Waals surface area contributed by atoms with Crippen LogP contribution in [0.2, 0.25) is 0 Å². The van der Waals surface area contributed by atoms with Gasteiger partial charge in [0.15, 0.2) is 5.96 Å². The SMILES string of the molecule is C#CCOc1ccc(CCN=C(NCC)NCCn2cccc2)cc1.I. The monoisotopic (exact) mass is 466 g/mol. The van der Waals surface area contributed by atoms with Crippen molar-refractivity contribution in [2.24, 2.45) is 4.99 Å². The molecular formula is C20H27IN4O. The molecule has 1 aromatic carbocycles. The first kappa shape index (κ1) is 21.9. The first-order valence-electron chi connectivity index (χ1n) is 8.60. The first-order valence-corrected chi connectivity index (χ1v) is 8.60. The third-order valence-corrected chi connectivity index (χ3v) is 3.59. The van der Waals surface area contributed by atoms with Crippen LogP contribution in [0.4, 0.5) is 0 Å².